The minimum atomic E-state index is -7.16. The number of carbonyl (C=O) groups is 4. The highest BCUT2D eigenvalue weighted by Crippen LogP contribution is 2.56. The van der Waals surface area contributed by atoms with Gasteiger partial charge in [0.25, 0.3) is 23.6 Å². The van der Waals surface area contributed by atoms with Gasteiger partial charge in [0.1, 0.15) is 0 Å². The molecule has 7 rings (SSSR count). The molecule has 0 bridgehead atoms. The van der Waals surface area contributed by atoms with Crippen molar-refractivity contribution in [1.82, 2.24) is 9.80 Å². The molecule has 0 unspecified atom stereocenters. The van der Waals surface area contributed by atoms with Crippen molar-refractivity contribution in [3.63, 3.8) is 0 Å². The van der Waals surface area contributed by atoms with Gasteiger partial charge in [-0.1, -0.05) is 6.07 Å². The lowest BCUT2D eigenvalue weighted by atomic mass is 9.78. The number of rotatable bonds is 6. The normalized spacial score (nSPS) is 16.5. The monoisotopic (exact) mass is 958 g/mol. The van der Waals surface area contributed by atoms with Gasteiger partial charge in [-0.15, -0.1) is 0 Å². The van der Waals surface area contributed by atoms with Gasteiger partial charge in [-0.05, 0) is 40.4 Å². The molecule has 2 heterocycles. The molecule has 29 heteroatoms. The van der Waals surface area contributed by atoms with Crippen LogP contribution in [0.5, 0.6) is 0 Å². The van der Waals surface area contributed by atoms with Gasteiger partial charge in [0.15, 0.2) is 0 Å². The van der Waals surface area contributed by atoms with Crippen molar-refractivity contribution in [2.45, 2.75) is 54.6 Å². The first-order valence-electron chi connectivity index (χ1n) is 16.5. The van der Waals surface area contributed by atoms with Crippen molar-refractivity contribution < 1.29 is 120 Å². The molecule has 0 fully saturated rings. The van der Waals surface area contributed by atoms with Gasteiger partial charge >= 0.3 is 54.6 Å². The number of amides is 4. The van der Waals surface area contributed by atoms with Crippen LogP contribution >= 0.6 is 0 Å². The highest BCUT2D eigenvalue weighted by Gasteiger charge is 2.75. The largest absolute Gasteiger partial charge is 0.459 e. The van der Waals surface area contributed by atoms with E-state index >= 15 is 26.3 Å². The fraction of sp³-hybridized carbons (Fsp3) is 0.314. The average Bonchev–Trinajstić information content (AvgIpc) is 3.12. The Balaban J connectivity index is 1.65. The van der Waals surface area contributed by atoms with Crippen LogP contribution in [0.25, 0.3) is 43.1 Å². The van der Waals surface area contributed by atoms with Crippen LogP contribution in [-0.4, -0.2) is 82.6 Å². The maximum Gasteiger partial charge on any atom is 0.459 e. The van der Waals surface area contributed by atoms with E-state index in [2.05, 4.69) is 0 Å². The molecule has 6 nitrogen and oxygen atoms in total. The molecule has 5 aromatic rings. The molecule has 64 heavy (non-hydrogen) atoms. The maximum atomic E-state index is 15.1. The third-order valence-electron chi connectivity index (χ3n) is 10.4. The van der Waals surface area contributed by atoms with Crippen molar-refractivity contribution in [1.29, 1.82) is 0 Å². The van der Waals surface area contributed by atoms with Crippen molar-refractivity contribution in [3.8, 4) is 0 Å². The Morgan fingerprint density at radius 3 is 1.12 bits per heavy atom. The minimum absolute atomic E-state index is 0.0825. The summed E-state index contributed by atoms with van der Waals surface area (Å²) in [5.74, 6) is -37.7. The minimum Gasteiger partial charge on any atom is -0.269 e. The molecule has 0 spiro atoms. The second-order valence-corrected chi connectivity index (χ2v) is 14.1. The number of alkyl halides is 23. The Morgan fingerprint density at radius 1 is 0.359 bits per heavy atom. The highest BCUT2D eigenvalue weighted by atomic mass is 19.4. The van der Waals surface area contributed by atoms with Crippen LogP contribution in [0.15, 0.2) is 30.3 Å². The van der Waals surface area contributed by atoms with E-state index in [1.807, 2.05) is 0 Å². The zero-order chi connectivity index (χ0) is 48.6. The van der Waals surface area contributed by atoms with Gasteiger partial charge in [0.2, 0.25) is 0 Å². The summed E-state index contributed by atoms with van der Waals surface area (Å²) in [5, 5.41) is -12.8. The van der Waals surface area contributed by atoms with Crippen molar-refractivity contribution >= 4 is 66.7 Å². The van der Waals surface area contributed by atoms with Crippen LogP contribution in [0.2, 0.25) is 0 Å². The van der Waals surface area contributed by atoms with E-state index in [1.165, 1.54) is 0 Å². The Bertz CT molecular complexity index is 2900. The van der Waals surface area contributed by atoms with Crippen LogP contribution in [-0.2, 0) is 18.5 Å². The first-order chi connectivity index (χ1) is 28.6. The summed E-state index contributed by atoms with van der Waals surface area (Å²) in [6.45, 7) is -6.69. The molecule has 4 amide bonds. The number of hydrogen-bond donors (Lipinski definition) is 0. The van der Waals surface area contributed by atoms with Gasteiger partial charge in [-0.25, -0.2) is 0 Å². The van der Waals surface area contributed by atoms with E-state index in [1.54, 1.807) is 0 Å². The molecule has 0 atom stereocenters. The fourth-order valence-corrected chi connectivity index (χ4v) is 7.63. The lowest BCUT2D eigenvalue weighted by molar-refractivity contribution is -0.354. The van der Waals surface area contributed by atoms with E-state index in [4.69, 9.17) is 0 Å². The first-order valence-corrected chi connectivity index (χ1v) is 16.5. The summed E-state index contributed by atoms with van der Waals surface area (Å²) in [4.78, 5) is 51.5. The number of nitrogens with zero attached hydrogens (tertiary/aromatic N) is 2. The molecule has 0 N–H and O–H groups in total. The van der Waals surface area contributed by atoms with E-state index in [0.29, 0.717) is 0 Å². The Kier molecular flexibility index (Phi) is 9.27. The zero-order valence-electron chi connectivity index (χ0n) is 29.5. The van der Waals surface area contributed by atoms with Gasteiger partial charge in [0.05, 0.1) is 35.3 Å². The molecular formula is C35H9F23N2O4. The molecule has 344 valence electrons. The summed E-state index contributed by atoms with van der Waals surface area (Å²) in [7, 11) is 0. The number of benzene rings is 5. The first kappa shape index (κ1) is 46.1. The van der Waals surface area contributed by atoms with Crippen LogP contribution in [0.3, 0.4) is 0 Å². The second kappa shape index (κ2) is 12.9. The average molecular weight is 958 g/mol. The lowest BCUT2D eigenvalue weighted by Crippen LogP contribution is -2.59. The lowest BCUT2D eigenvalue weighted by Gasteiger charge is -2.36. The Morgan fingerprint density at radius 2 is 0.734 bits per heavy atom. The number of carbonyl (C=O) groups excluding carboxylic acids is 4. The highest BCUT2D eigenvalue weighted by molar-refractivity contribution is 6.42. The maximum absolute atomic E-state index is 15.1. The zero-order valence-corrected chi connectivity index (χ0v) is 29.5. The fourth-order valence-electron chi connectivity index (χ4n) is 7.63. The Labute approximate surface area is 334 Å². The van der Waals surface area contributed by atoms with Crippen molar-refractivity contribution in [2.24, 2.45) is 0 Å². The topological polar surface area (TPSA) is 74.8 Å². The van der Waals surface area contributed by atoms with Crippen molar-refractivity contribution in [3.05, 3.63) is 69.3 Å². The molecule has 5 aromatic carbocycles. The van der Waals surface area contributed by atoms with Crippen LogP contribution in [0.1, 0.15) is 58.1 Å². The quantitative estimate of drug-likeness (QED) is 0.0735. The Hall–Kier alpha value is -5.93. The molecule has 0 aromatic heterocycles. The smallest absolute Gasteiger partial charge is 0.269 e. The molecule has 2 aliphatic heterocycles. The molecule has 0 saturated carbocycles. The van der Waals surface area contributed by atoms with E-state index in [-0.39, 0.29) is 12.1 Å². The SMILES string of the molecule is O=C1c2ccc3c4c(C(F)(F)F)cc5c6c(cc(C(F)(F)F)c(c7cc(C(F)(F)F)c(c2c37)C(=O)N1CC(F)(F)C(F)(F)C(F)(F)F)c64)C(=O)N(CC(F)(F)C(F)(F)C(F)(F)F)C5=O. The number of halogens is 23. The second-order valence-electron chi connectivity index (χ2n) is 14.1. The summed E-state index contributed by atoms with van der Waals surface area (Å²) >= 11 is 0. The molecule has 0 saturated heterocycles. The van der Waals surface area contributed by atoms with Crippen LogP contribution < -0.4 is 0 Å². The molecule has 0 radical (unpaired) electrons. The predicted molar refractivity (Wildman–Crippen MR) is 165 cm³/mol. The number of hydrogen-bond acceptors (Lipinski definition) is 4. The van der Waals surface area contributed by atoms with Crippen LogP contribution in [0, 0.1) is 0 Å². The molecular weight excluding hydrogens is 949 g/mol. The summed E-state index contributed by atoms with van der Waals surface area (Å²) in [5.41, 5.74) is -15.0. The number of imide groups is 2. The van der Waals surface area contributed by atoms with Gasteiger partial charge in [-0.3, -0.25) is 29.0 Å². The van der Waals surface area contributed by atoms with Crippen molar-refractivity contribution in [2.75, 3.05) is 13.1 Å². The van der Waals surface area contributed by atoms with Crippen LogP contribution in [0.4, 0.5) is 101 Å². The van der Waals surface area contributed by atoms with Gasteiger partial charge in [0, 0.05) is 43.6 Å². The van der Waals surface area contributed by atoms with E-state index in [0.717, 1.165) is 0 Å². The standard InChI is InChI=1S/C35H9F23N2O4/c36-27(37,32(49,50)34(53,54)55)6-59-24(62)11-4-13(29(40,41)42)18-8-1-2-9-20-16(8)10(19-14(30(43,44)45)5-12(25(59)63)17(11)22(18)19)3-15(31(46,47)48)21(20)26(64)60(23(9)61)7-28(38,39)33(51,52)35(56,57)58/h1-5H,6-7H2. The van der Waals surface area contributed by atoms with Gasteiger partial charge in [-0.2, -0.15) is 101 Å². The number of fused-ring (bicyclic) bond motifs is 2. The third kappa shape index (κ3) is 6.09. The summed E-state index contributed by atoms with van der Waals surface area (Å²) < 4.78 is 326. The summed E-state index contributed by atoms with van der Waals surface area (Å²) in [6, 6.07) is -1.15. The molecule has 2 aliphatic rings. The third-order valence-corrected chi connectivity index (χ3v) is 10.4. The predicted octanol–water partition coefficient (Wildman–Crippen LogP) is 11.7. The van der Waals surface area contributed by atoms with E-state index < -0.39 is 201 Å². The molecule has 0 aliphatic carbocycles. The van der Waals surface area contributed by atoms with Gasteiger partial charge < -0.3 is 0 Å². The summed E-state index contributed by atoms with van der Waals surface area (Å²) in [6.07, 6.45) is -32.7. The van der Waals surface area contributed by atoms with E-state index in [9.17, 15) is 93.8 Å².